The van der Waals surface area contributed by atoms with E-state index in [4.69, 9.17) is 0 Å². The van der Waals surface area contributed by atoms with Crippen molar-refractivity contribution >= 4 is 11.6 Å². The minimum Gasteiger partial charge on any atom is -0.341 e. The van der Waals surface area contributed by atoms with Crippen LogP contribution >= 0.6 is 0 Å². The van der Waals surface area contributed by atoms with E-state index in [1.807, 2.05) is 29.0 Å². The smallest absolute Gasteiger partial charge is 0.272 e. The molecule has 0 saturated heterocycles. The molecule has 1 amide bonds. The third-order valence-electron chi connectivity index (χ3n) is 3.92. The van der Waals surface area contributed by atoms with Crippen LogP contribution in [-0.2, 0) is 13.0 Å². The monoisotopic (exact) mass is 283 g/mol. The van der Waals surface area contributed by atoms with Gasteiger partial charge in [-0.1, -0.05) is 6.07 Å². The third-order valence-corrected chi connectivity index (χ3v) is 3.92. The van der Waals surface area contributed by atoms with Crippen LogP contribution in [0.3, 0.4) is 0 Å². The SMILES string of the molecule is CC(C)n1cccc1C(=O)Nc1ccc2c(c1)CNCC2. The summed E-state index contributed by atoms with van der Waals surface area (Å²) >= 11 is 0. The quantitative estimate of drug-likeness (QED) is 0.909. The van der Waals surface area contributed by atoms with E-state index in [0.717, 1.165) is 25.2 Å². The topological polar surface area (TPSA) is 46.1 Å². The first kappa shape index (κ1) is 13.9. The van der Waals surface area contributed by atoms with Gasteiger partial charge in [-0.15, -0.1) is 0 Å². The van der Waals surface area contributed by atoms with Crippen LogP contribution in [0.25, 0.3) is 0 Å². The molecule has 0 aliphatic carbocycles. The molecular weight excluding hydrogens is 262 g/mol. The molecule has 2 aromatic rings. The van der Waals surface area contributed by atoms with E-state index in [0.29, 0.717) is 5.69 Å². The Morgan fingerprint density at radius 3 is 2.95 bits per heavy atom. The number of hydrogen-bond donors (Lipinski definition) is 2. The Morgan fingerprint density at radius 1 is 1.29 bits per heavy atom. The molecular formula is C17H21N3O. The highest BCUT2D eigenvalue weighted by Crippen LogP contribution is 2.20. The lowest BCUT2D eigenvalue weighted by Gasteiger charge is -2.18. The van der Waals surface area contributed by atoms with E-state index in [1.165, 1.54) is 11.1 Å². The number of nitrogens with one attached hydrogen (secondary N) is 2. The van der Waals surface area contributed by atoms with Crippen LogP contribution in [0, 0.1) is 0 Å². The molecule has 0 fully saturated rings. The summed E-state index contributed by atoms with van der Waals surface area (Å²) in [5.74, 6) is -0.0579. The number of carbonyl (C=O) groups is 1. The molecule has 0 atom stereocenters. The van der Waals surface area contributed by atoms with Crippen LogP contribution < -0.4 is 10.6 Å². The highest BCUT2D eigenvalue weighted by Gasteiger charge is 2.14. The Bertz CT molecular complexity index is 658. The largest absolute Gasteiger partial charge is 0.341 e. The molecule has 2 heterocycles. The predicted octanol–water partition coefficient (Wildman–Crippen LogP) is 2.97. The minimum absolute atomic E-state index is 0.0579. The highest BCUT2D eigenvalue weighted by molar-refractivity contribution is 6.03. The zero-order valence-corrected chi connectivity index (χ0v) is 12.5. The van der Waals surface area contributed by atoms with Crippen molar-refractivity contribution < 1.29 is 4.79 Å². The van der Waals surface area contributed by atoms with Gasteiger partial charge in [-0.05, 0) is 62.2 Å². The summed E-state index contributed by atoms with van der Waals surface area (Å²) in [6, 6.07) is 10.2. The van der Waals surface area contributed by atoms with Gasteiger partial charge in [0.1, 0.15) is 5.69 Å². The number of fused-ring (bicyclic) bond motifs is 1. The van der Waals surface area contributed by atoms with Crippen molar-refractivity contribution in [2.75, 3.05) is 11.9 Å². The normalized spacial score (nSPS) is 14.0. The molecule has 110 valence electrons. The van der Waals surface area contributed by atoms with Gasteiger partial charge in [0, 0.05) is 24.5 Å². The lowest BCUT2D eigenvalue weighted by molar-refractivity contribution is 0.101. The number of anilines is 1. The highest BCUT2D eigenvalue weighted by atomic mass is 16.1. The van der Waals surface area contributed by atoms with Crippen LogP contribution in [0.4, 0.5) is 5.69 Å². The van der Waals surface area contributed by atoms with Crippen LogP contribution in [-0.4, -0.2) is 17.0 Å². The lowest BCUT2D eigenvalue weighted by atomic mass is 10.0. The van der Waals surface area contributed by atoms with E-state index in [1.54, 1.807) is 0 Å². The van der Waals surface area contributed by atoms with Crippen molar-refractivity contribution in [1.82, 2.24) is 9.88 Å². The Morgan fingerprint density at radius 2 is 2.14 bits per heavy atom. The fraction of sp³-hybridized carbons (Fsp3) is 0.353. The third kappa shape index (κ3) is 2.85. The Labute approximate surface area is 125 Å². The maximum atomic E-state index is 12.4. The number of hydrogen-bond acceptors (Lipinski definition) is 2. The summed E-state index contributed by atoms with van der Waals surface area (Å²) in [5, 5.41) is 6.36. The molecule has 1 aliphatic rings. The van der Waals surface area contributed by atoms with Crippen LogP contribution in [0.2, 0.25) is 0 Å². The predicted molar refractivity (Wildman–Crippen MR) is 84.6 cm³/mol. The van der Waals surface area contributed by atoms with Gasteiger partial charge in [0.2, 0.25) is 0 Å². The average Bonchev–Trinajstić information content (AvgIpc) is 2.97. The van der Waals surface area contributed by atoms with Gasteiger partial charge in [-0.2, -0.15) is 0 Å². The molecule has 2 N–H and O–H groups in total. The second kappa shape index (κ2) is 5.74. The van der Waals surface area contributed by atoms with Crippen molar-refractivity contribution in [1.29, 1.82) is 0 Å². The van der Waals surface area contributed by atoms with Crippen molar-refractivity contribution in [3.05, 3.63) is 53.3 Å². The zero-order valence-electron chi connectivity index (χ0n) is 12.5. The summed E-state index contributed by atoms with van der Waals surface area (Å²) in [5.41, 5.74) is 4.20. The minimum atomic E-state index is -0.0579. The Hall–Kier alpha value is -2.07. The maximum Gasteiger partial charge on any atom is 0.272 e. The van der Waals surface area contributed by atoms with Gasteiger partial charge < -0.3 is 15.2 Å². The molecule has 0 radical (unpaired) electrons. The summed E-state index contributed by atoms with van der Waals surface area (Å²) in [7, 11) is 0. The van der Waals surface area contributed by atoms with E-state index in [-0.39, 0.29) is 11.9 Å². The first-order valence-corrected chi connectivity index (χ1v) is 7.46. The molecule has 0 unspecified atom stereocenters. The van der Waals surface area contributed by atoms with Crippen molar-refractivity contribution in [2.45, 2.75) is 32.9 Å². The average molecular weight is 283 g/mol. The van der Waals surface area contributed by atoms with E-state index in [9.17, 15) is 4.79 Å². The standard InChI is InChI=1S/C17H21N3O/c1-12(2)20-9-3-4-16(20)17(21)19-15-6-5-13-7-8-18-11-14(13)10-15/h3-6,9-10,12,18H,7-8,11H2,1-2H3,(H,19,21). The van der Waals surface area contributed by atoms with Crippen LogP contribution in [0.15, 0.2) is 36.5 Å². The van der Waals surface area contributed by atoms with Crippen molar-refractivity contribution in [2.24, 2.45) is 0 Å². The van der Waals surface area contributed by atoms with E-state index >= 15 is 0 Å². The summed E-state index contributed by atoms with van der Waals surface area (Å²) in [6.45, 7) is 6.05. The lowest BCUT2D eigenvalue weighted by Crippen LogP contribution is -2.24. The molecule has 1 aliphatic heterocycles. The molecule has 0 bridgehead atoms. The first-order chi connectivity index (χ1) is 10.1. The second-order valence-electron chi connectivity index (χ2n) is 5.76. The number of amides is 1. The van der Waals surface area contributed by atoms with Crippen molar-refractivity contribution in [3.8, 4) is 0 Å². The molecule has 4 nitrogen and oxygen atoms in total. The summed E-state index contributed by atoms with van der Waals surface area (Å²) in [6.07, 6.45) is 3.00. The van der Waals surface area contributed by atoms with Gasteiger partial charge in [-0.3, -0.25) is 4.79 Å². The molecule has 3 rings (SSSR count). The Balaban J connectivity index is 1.80. The Kier molecular flexibility index (Phi) is 3.80. The summed E-state index contributed by atoms with van der Waals surface area (Å²) in [4.78, 5) is 12.4. The zero-order chi connectivity index (χ0) is 14.8. The number of aromatic nitrogens is 1. The first-order valence-electron chi connectivity index (χ1n) is 7.46. The number of benzene rings is 1. The molecule has 1 aromatic carbocycles. The van der Waals surface area contributed by atoms with Crippen LogP contribution in [0.1, 0.15) is 41.5 Å². The van der Waals surface area contributed by atoms with Gasteiger partial charge in [0.15, 0.2) is 0 Å². The van der Waals surface area contributed by atoms with Gasteiger partial charge >= 0.3 is 0 Å². The molecule has 1 aromatic heterocycles. The van der Waals surface area contributed by atoms with Gasteiger partial charge in [-0.25, -0.2) is 0 Å². The summed E-state index contributed by atoms with van der Waals surface area (Å²) < 4.78 is 1.98. The number of nitrogens with zero attached hydrogens (tertiary/aromatic N) is 1. The molecule has 21 heavy (non-hydrogen) atoms. The maximum absolute atomic E-state index is 12.4. The molecule has 0 saturated carbocycles. The van der Waals surface area contributed by atoms with E-state index in [2.05, 4.69) is 36.6 Å². The number of rotatable bonds is 3. The number of carbonyl (C=O) groups excluding carboxylic acids is 1. The second-order valence-corrected chi connectivity index (χ2v) is 5.76. The van der Waals surface area contributed by atoms with Gasteiger partial charge in [0.05, 0.1) is 0 Å². The van der Waals surface area contributed by atoms with E-state index < -0.39 is 0 Å². The van der Waals surface area contributed by atoms with Crippen molar-refractivity contribution in [3.63, 3.8) is 0 Å². The van der Waals surface area contributed by atoms with Gasteiger partial charge in [0.25, 0.3) is 5.91 Å². The molecule has 4 heteroatoms. The molecule has 0 spiro atoms. The van der Waals surface area contributed by atoms with Crippen LogP contribution in [0.5, 0.6) is 0 Å². The fourth-order valence-corrected chi connectivity index (χ4v) is 2.79. The fourth-order valence-electron chi connectivity index (χ4n) is 2.79.